The summed E-state index contributed by atoms with van der Waals surface area (Å²) in [5, 5.41) is 3.86. The summed E-state index contributed by atoms with van der Waals surface area (Å²) in [6, 6.07) is 14.2. The van der Waals surface area contributed by atoms with Crippen molar-refractivity contribution in [1.82, 2.24) is 4.98 Å². The number of nitrogens with zero attached hydrogens (tertiary/aromatic N) is 1. The number of aryl methyl sites for hydroxylation is 3. The lowest BCUT2D eigenvalue weighted by Gasteiger charge is -2.15. The molecule has 4 aromatic rings. The van der Waals surface area contributed by atoms with Crippen LogP contribution in [0.4, 0.5) is 5.82 Å². The smallest absolute Gasteiger partial charge is 0.249 e. The Balaban J connectivity index is 1.79. The third kappa shape index (κ3) is 4.53. The molecule has 0 unspecified atom stereocenters. The molecule has 0 fully saturated rings. The third-order valence-electron chi connectivity index (χ3n) is 5.72. The van der Waals surface area contributed by atoms with Crippen molar-refractivity contribution in [1.29, 1.82) is 0 Å². The molecule has 0 aliphatic rings. The number of hydrogen-bond donors (Lipinski definition) is 1. The van der Waals surface area contributed by atoms with E-state index in [9.17, 15) is 4.79 Å². The molecule has 0 saturated heterocycles. The lowest BCUT2D eigenvalue weighted by Crippen LogP contribution is -2.11. The number of rotatable bonds is 6. The summed E-state index contributed by atoms with van der Waals surface area (Å²) in [6.45, 7) is 10.3. The molecule has 4 rings (SSSR count). The van der Waals surface area contributed by atoms with E-state index in [1.165, 1.54) is 5.56 Å². The molecule has 0 aliphatic carbocycles. The zero-order valence-corrected chi connectivity index (χ0v) is 19.7. The second-order valence-corrected chi connectivity index (χ2v) is 8.19. The van der Waals surface area contributed by atoms with Gasteiger partial charge in [-0.05, 0) is 63.5 Å². The van der Waals surface area contributed by atoms with Crippen LogP contribution < -0.4 is 10.1 Å². The minimum atomic E-state index is -0.236. The van der Waals surface area contributed by atoms with E-state index in [4.69, 9.17) is 9.15 Å². The zero-order chi connectivity index (χ0) is 23.5. The van der Waals surface area contributed by atoms with Gasteiger partial charge < -0.3 is 14.5 Å². The van der Waals surface area contributed by atoms with Crippen LogP contribution in [0.3, 0.4) is 0 Å². The minimum absolute atomic E-state index is 0.236. The van der Waals surface area contributed by atoms with Crippen LogP contribution in [0.2, 0.25) is 0 Å². The van der Waals surface area contributed by atoms with Crippen LogP contribution in [0.25, 0.3) is 27.7 Å². The Bertz CT molecular complexity index is 1350. The number of fused-ring (bicyclic) bond motifs is 1. The van der Waals surface area contributed by atoms with Crippen molar-refractivity contribution in [2.24, 2.45) is 0 Å². The highest BCUT2D eigenvalue weighted by atomic mass is 16.5. The van der Waals surface area contributed by atoms with Crippen molar-refractivity contribution < 1.29 is 13.9 Å². The van der Waals surface area contributed by atoms with E-state index in [-0.39, 0.29) is 5.91 Å². The number of allylic oxidation sites excluding steroid dienone is 1. The quantitative estimate of drug-likeness (QED) is 0.333. The van der Waals surface area contributed by atoms with Gasteiger partial charge in [-0.2, -0.15) is 0 Å². The first-order valence-electron chi connectivity index (χ1n) is 11.0. The molecule has 0 atom stereocenters. The highest BCUT2D eigenvalue weighted by molar-refractivity contribution is 6.05. The predicted octanol–water partition coefficient (Wildman–Crippen LogP) is 6.86. The fraction of sp³-hybridized carbons (Fsp3) is 0.214. The van der Waals surface area contributed by atoms with Crippen molar-refractivity contribution in [3.05, 3.63) is 83.3 Å². The molecule has 168 valence electrons. The second kappa shape index (κ2) is 9.33. The fourth-order valence-electron chi connectivity index (χ4n) is 3.94. The Kier molecular flexibility index (Phi) is 6.31. The summed E-state index contributed by atoms with van der Waals surface area (Å²) in [7, 11) is 0. The van der Waals surface area contributed by atoms with Crippen LogP contribution >= 0.6 is 0 Å². The Hall–Kier alpha value is -3.86. The first kappa shape index (κ1) is 22.3. The standard InChI is InChI=1S/C28H28N2O3/c1-6-32-26-20(5)27-23(24(16-33-27)21-11-9-17(2)10-12-21)15-22(26)19(4)14-25(31)30-28-18(3)8-7-13-29-28/h7-16H,6H2,1-5H3,(H,29,30,31)/b19-14+. The normalized spacial score (nSPS) is 11.6. The van der Waals surface area contributed by atoms with Gasteiger partial charge in [-0.25, -0.2) is 4.98 Å². The van der Waals surface area contributed by atoms with Gasteiger partial charge in [0.1, 0.15) is 17.2 Å². The molecule has 5 heteroatoms. The number of hydrogen-bond acceptors (Lipinski definition) is 4. The first-order chi connectivity index (χ1) is 15.9. The molecule has 5 nitrogen and oxygen atoms in total. The van der Waals surface area contributed by atoms with Crippen LogP contribution in [0.15, 0.2) is 65.4 Å². The lowest BCUT2D eigenvalue weighted by molar-refractivity contribution is -0.111. The largest absolute Gasteiger partial charge is 0.493 e. The molecular formula is C28H28N2O3. The first-order valence-corrected chi connectivity index (χ1v) is 11.0. The van der Waals surface area contributed by atoms with Crippen LogP contribution in [0, 0.1) is 20.8 Å². The number of nitrogens with one attached hydrogen (secondary N) is 1. The molecule has 2 heterocycles. The SMILES string of the molecule is CCOc1c(/C(C)=C/C(=O)Nc2ncccc2C)cc2c(-c3ccc(C)cc3)coc2c1C. The zero-order valence-electron chi connectivity index (χ0n) is 19.7. The van der Waals surface area contributed by atoms with Gasteiger partial charge >= 0.3 is 0 Å². The summed E-state index contributed by atoms with van der Waals surface area (Å²) >= 11 is 0. The summed E-state index contributed by atoms with van der Waals surface area (Å²) in [4.78, 5) is 17.0. The Morgan fingerprint density at radius 1 is 1.15 bits per heavy atom. The number of anilines is 1. The molecule has 0 saturated carbocycles. The van der Waals surface area contributed by atoms with Crippen LogP contribution in [0.1, 0.15) is 36.1 Å². The van der Waals surface area contributed by atoms with Gasteiger partial charge in [0, 0.05) is 34.3 Å². The molecule has 33 heavy (non-hydrogen) atoms. The number of aromatic nitrogens is 1. The Morgan fingerprint density at radius 2 is 1.91 bits per heavy atom. The van der Waals surface area contributed by atoms with Crippen molar-refractivity contribution in [2.45, 2.75) is 34.6 Å². The van der Waals surface area contributed by atoms with E-state index >= 15 is 0 Å². The van der Waals surface area contributed by atoms with Crippen molar-refractivity contribution in [2.75, 3.05) is 11.9 Å². The van der Waals surface area contributed by atoms with Gasteiger partial charge in [-0.3, -0.25) is 4.79 Å². The summed E-state index contributed by atoms with van der Waals surface area (Å²) in [5.41, 5.74) is 7.57. The molecule has 0 radical (unpaired) electrons. The molecule has 2 aromatic carbocycles. The topological polar surface area (TPSA) is 64.4 Å². The number of carbonyl (C=O) groups is 1. The van der Waals surface area contributed by atoms with Crippen LogP contribution in [0.5, 0.6) is 5.75 Å². The van der Waals surface area contributed by atoms with E-state index in [0.717, 1.165) is 50.1 Å². The Labute approximate surface area is 194 Å². The number of carbonyl (C=O) groups excluding carboxylic acids is 1. The molecular weight excluding hydrogens is 412 g/mol. The fourth-order valence-corrected chi connectivity index (χ4v) is 3.94. The summed E-state index contributed by atoms with van der Waals surface area (Å²) < 4.78 is 12.0. The van der Waals surface area contributed by atoms with Crippen LogP contribution in [-0.2, 0) is 4.79 Å². The van der Waals surface area contributed by atoms with Gasteiger partial charge in [0.25, 0.3) is 0 Å². The lowest BCUT2D eigenvalue weighted by atomic mass is 9.96. The van der Waals surface area contributed by atoms with Crippen molar-refractivity contribution in [3.63, 3.8) is 0 Å². The number of furan rings is 1. The van der Waals surface area contributed by atoms with Gasteiger partial charge in [0.15, 0.2) is 0 Å². The highest BCUT2D eigenvalue weighted by Crippen LogP contribution is 2.40. The van der Waals surface area contributed by atoms with E-state index in [1.807, 2.05) is 39.8 Å². The maximum Gasteiger partial charge on any atom is 0.249 e. The highest BCUT2D eigenvalue weighted by Gasteiger charge is 2.19. The van der Waals surface area contributed by atoms with E-state index in [1.54, 1.807) is 18.5 Å². The minimum Gasteiger partial charge on any atom is -0.493 e. The Morgan fingerprint density at radius 3 is 2.61 bits per heavy atom. The molecule has 0 bridgehead atoms. The van der Waals surface area contributed by atoms with E-state index < -0.39 is 0 Å². The van der Waals surface area contributed by atoms with Crippen molar-refractivity contribution in [3.8, 4) is 16.9 Å². The second-order valence-electron chi connectivity index (χ2n) is 8.19. The predicted molar refractivity (Wildman–Crippen MR) is 134 cm³/mol. The van der Waals surface area contributed by atoms with Gasteiger partial charge in [-0.1, -0.05) is 35.9 Å². The average molecular weight is 441 g/mol. The van der Waals surface area contributed by atoms with Gasteiger partial charge in [-0.15, -0.1) is 0 Å². The molecule has 0 aliphatic heterocycles. The number of pyridine rings is 1. The van der Waals surface area contributed by atoms with E-state index in [2.05, 4.69) is 47.6 Å². The molecule has 1 N–H and O–H groups in total. The number of benzene rings is 2. The van der Waals surface area contributed by atoms with E-state index in [0.29, 0.717) is 12.4 Å². The number of amides is 1. The van der Waals surface area contributed by atoms with Gasteiger partial charge in [0.2, 0.25) is 5.91 Å². The monoisotopic (exact) mass is 440 g/mol. The van der Waals surface area contributed by atoms with Gasteiger partial charge in [0.05, 0.1) is 12.9 Å². The summed E-state index contributed by atoms with van der Waals surface area (Å²) in [5.74, 6) is 1.05. The average Bonchev–Trinajstić information content (AvgIpc) is 3.22. The van der Waals surface area contributed by atoms with Crippen LogP contribution in [-0.4, -0.2) is 17.5 Å². The molecule has 1 amide bonds. The maximum atomic E-state index is 12.7. The number of ether oxygens (including phenoxy) is 1. The molecule has 2 aromatic heterocycles. The van der Waals surface area contributed by atoms with Crippen molar-refractivity contribution >= 4 is 28.3 Å². The molecule has 0 spiro atoms. The maximum absolute atomic E-state index is 12.7. The third-order valence-corrected chi connectivity index (χ3v) is 5.72. The summed E-state index contributed by atoms with van der Waals surface area (Å²) in [6.07, 6.45) is 5.04.